The van der Waals surface area contributed by atoms with Crippen LogP contribution in [-0.2, 0) is 11.8 Å². The molecule has 1 unspecified atom stereocenters. The topological polar surface area (TPSA) is 46.2 Å². The normalized spacial score (nSPS) is 14.1. The number of aryl methyl sites for hydroxylation is 1. The minimum Gasteiger partial charge on any atom is -0.395 e. The number of aliphatic hydroxyl groups excluding tert-OH is 1. The standard InChI is InChI=1S/C17H21NO/c1-14-6-5-9-16(10-14)17(12-18,13-19)11-15-7-3-2-4-8-15/h2-10,19H,11-13,18H2,1H3. The summed E-state index contributed by atoms with van der Waals surface area (Å²) in [6.45, 7) is 2.55. The fourth-order valence-electron chi connectivity index (χ4n) is 2.47. The zero-order valence-electron chi connectivity index (χ0n) is 11.3. The van der Waals surface area contributed by atoms with Crippen LogP contribution in [0.25, 0.3) is 0 Å². The molecular weight excluding hydrogens is 234 g/mol. The molecule has 0 aliphatic heterocycles. The largest absolute Gasteiger partial charge is 0.395 e. The van der Waals surface area contributed by atoms with Crippen LogP contribution in [0.3, 0.4) is 0 Å². The second-order valence-electron chi connectivity index (χ2n) is 5.17. The van der Waals surface area contributed by atoms with E-state index in [9.17, 15) is 5.11 Å². The first kappa shape index (κ1) is 13.8. The van der Waals surface area contributed by atoms with Crippen LogP contribution in [0.4, 0.5) is 0 Å². The van der Waals surface area contributed by atoms with Crippen molar-refractivity contribution in [3.05, 3.63) is 71.3 Å². The SMILES string of the molecule is Cc1cccc(C(CN)(CO)Cc2ccccc2)c1. The van der Waals surface area contributed by atoms with Gasteiger partial charge in [0.25, 0.3) is 0 Å². The molecule has 0 aromatic heterocycles. The Hall–Kier alpha value is -1.64. The van der Waals surface area contributed by atoms with Gasteiger partial charge in [-0.1, -0.05) is 60.2 Å². The van der Waals surface area contributed by atoms with Gasteiger partial charge in [-0.3, -0.25) is 0 Å². The summed E-state index contributed by atoms with van der Waals surface area (Å²) in [6.07, 6.45) is 0.754. The van der Waals surface area contributed by atoms with E-state index in [0.717, 1.165) is 12.0 Å². The highest BCUT2D eigenvalue weighted by Gasteiger charge is 2.30. The van der Waals surface area contributed by atoms with E-state index in [4.69, 9.17) is 5.73 Å². The summed E-state index contributed by atoms with van der Waals surface area (Å²) in [5.74, 6) is 0. The number of benzene rings is 2. The quantitative estimate of drug-likeness (QED) is 0.862. The molecule has 3 N–H and O–H groups in total. The minimum absolute atomic E-state index is 0.0574. The van der Waals surface area contributed by atoms with Gasteiger partial charge < -0.3 is 10.8 Å². The summed E-state index contributed by atoms with van der Waals surface area (Å²) in [5, 5.41) is 9.90. The molecule has 0 amide bonds. The Morgan fingerprint density at radius 3 is 2.37 bits per heavy atom. The third kappa shape index (κ3) is 3.03. The molecule has 2 heteroatoms. The fourth-order valence-corrected chi connectivity index (χ4v) is 2.47. The first-order valence-electron chi connectivity index (χ1n) is 6.62. The second-order valence-corrected chi connectivity index (χ2v) is 5.17. The van der Waals surface area contributed by atoms with Gasteiger partial charge in [-0.2, -0.15) is 0 Å². The van der Waals surface area contributed by atoms with Crippen molar-refractivity contribution in [2.45, 2.75) is 18.8 Å². The predicted octanol–water partition coefficient (Wildman–Crippen LogP) is 2.43. The van der Waals surface area contributed by atoms with Crippen LogP contribution in [0.2, 0.25) is 0 Å². The Bertz CT molecular complexity index is 518. The second kappa shape index (κ2) is 6.00. The molecule has 0 heterocycles. The number of hydrogen-bond acceptors (Lipinski definition) is 2. The molecule has 0 fully saturated rings. The molecular formula is C17H21NO. The average molecular weight is 255 g/mol. The van der Waals surface area contributed by atoms with E-state index in [1.807, 2.05) is 24.3 Å². The van der Waals surface area contributed by atoms with E-state index >= 15 is 0 Å². The molecule has 0 bridgehead atoms. The van der Waals surface area contributed by atoms with Crippen molar-refractivity contribution in [2.75, 3.05) is 13.2 Å². The molecule has 0 radical (unpaired) electrons. The molecule has 0 aliphatic carbocycles. The Morgan fingerprint density at radius 2 is 1.79 bits per heavy atom. The minimum atomic E-state index is -0.395. The summed E-state index contributed by atoms with van der Waals surface area (Å²) in [7, 11) is 0. The summed E-state index contributed by atoms with van der Waals surface area (Å²) < 4.78 is 0. The number of rotatable bonds is 5. The van der Waals surface area contributed by atoms with Crippen LogP contribution in [0.1, 0.15) is 16.7 Å². The molecule has 0 aliphatic rings. The zero-order chi connectivity index (χ0) is 13.7. The van der Waals surface area contributed by atoms with E-state index in [2.05, 4.69) is 37.3 Å². The van der Waals surface area contributed by atoms with Crippen LogP contribution in [0, 0.1) is 6.92 Å². The Kier molecular flexibility index (Phi) is 4.35. The van der Waals surface area contributed by atoms with E-state index in [1.165, 1.54) is 11.1 Å². The number of nitrogens with two attached hydrogens (primary N) is 1. The number of aliphatic hydroxyl groups is 1. The maximum absolute atomic E-state index is 9.90. The molecule has 0 saturated heterocycles. The van der Waals surface area contributed by atoms with Crippen molar-refractivity contribution < 1.29 is 5.11 Å². The van der Waals surface area contributed by atoms with Gasteiger partial charge in [0, 0.05) is 12.0 Å². The molecule has 0 saturated carbocycles. The lowest BCUT2D eigenvalue weighted by atomic mass is 9.76. The highest BCUT2D eigenvalue weighted by molar-refractivity contribution is 5.33. The Morgan fingerprint density at radius 1 is 1.05 bits per heavy atom. The summed E-state index contributed by atoms with van der Waals surface area (Å²) in [5.41, 5.74) is 9.09. The first-order chi connectivity index (χ1) is 9.20. The Balaban J connectivity index is 2.37. The lowest BCUT2D eigenvalue weighted by molar-refractivity contribution is 0.196. The average Bonchev–Trinajstić information content (AvgIpc) is 2.46. The molecule has 2 aromatic rings. The molecule has 1 atom stereocenters. The van der Waals surface area contributed by atoms with E-state index in [1.54, 1.807) is 0 Å². The third-order valence-corrected chi connectivity index (χ3v) is 3.71. The molecule has 0 spiro atoms. The molecule has 2 rings (SSSR count). The van der Waals surface area contributed by atoms with Crippen molar-refractivity contribution >= 4 is 0 Å². The van der Waals surface area contributed by atoms with E-state index < -0.39 is 5.41 Å². The van der Waals surface area contributed by atoms with Crippen molar-refractivity contribution in [3.8, 4) is 0 Å². The summed E-state index contributed by atoms with van der Waals surface area (Å²) >= 11 is 0. The van der Waals surface area contributed by atoms with Gasteiger partial charge in [0.1, 0.15) is 0 Å². The molecule has 2 nitrogen and oxygen atoms in total. The maximum Gasteiger partial charge on any atom is 0.0543 e. The third-order valence-electron chi connectivity index (χ3n) is 3.71. The van der Waals surface area contributed by atoms with Crippen LogP contribution in [0.15, 0.2) is 54.6 Å². The van der Waals surface area contributed by atoms with Crippen LogP contribution in [0.5, 0.6) is 0 Å². The maximum atomic E-state index is 9.90. The van der Waals surface area contributed by atoms with E-state index in [0.29, 0.717) is 6.54 Å². The zero-order valence-corrected chi connectivity index (χ0v) is 11.3. The Labute approximate surface area is 114 Å². The lowest BCUT2D eigenvalue weighted by Crippen LogP contribution is -2.41. The van der Waals surface area contributed by atoms with Gasteiger partial charge >= 0.3 is 0 Å². The molecule has 2 aromatic carbocycles. The number of hydrogen-bond donors (Lipinski definition) is 2. The highest BCUT2D eigenvalue weighted by Crippen LogP contribution is 2.28. The van der Waals surface area contributed by atoms with Crippen molar-refractivity contribution in [2.24, 2.45) is 5.73 Å². The van der Waals surface area contributed by atoms with Gasteiger partial charge in [0.2, 0.25) is 0 Å². The van der Waals surface area contributed by atoms with E-state index in [-0.39, 0.29) is 6.61 Å². The van der Waals surface area contributed by atoms with Gasteiger partial charge in [-0.15, -0.1) is 0 Å². The summed E-state index contributed by atoms with van der Waals surface area (Å²) in [6, 6.07) is 18.4. The molecule has 100 valence electrons. The van der Waals surface area contributed by atoms with Crippen molar-refractivity contribution in [3.63, 3.8) is 0 Å². The van der Waals surface area contributed by atoms with Crippen LogP contribution < -0.4 is 5.73 Å². The monoisotopic (exact) mass is 255 g/mol. The van der Waals surface area contributed by atoms with Crippen LogP contribution >= 0.6 is 0 Å². The highest BCUT2D eigenvalue weighted by atomic mass is 16.3. The van der Waals surface area contributed by atoms with Crippen molar-refractivity contribution in [1.29, 1.82) is 0 Å². The smallest absolute Gasteiger partial charge is 0.0543 e. The fraction of sp³-hybridized carbons (Fsp3) is 0.294. The van der Waals surface area contributed by atoms with Crippen molar-refractivity contribution in [1.82, 2.24) is 0 Å². The van der Waals surface area contributed by atoms with Crippen LogP contribution in [-0.4, -0.2) is 18.3 Å². The van der Waals surface area contributed by atoms with Gasteiger partial charge in [-0.25, -0.2) is 0 Å². The summed E-state index contributed by atoms with van der Waals surface area (Å²) in [4.78, 5) is 0. The van der Waals surface area contributed by atoms with Gasteiger partial charge in [0.05, 0.1) is 6.61 Å². The predicted molar refractivity (Wildman–Crippen MR) is 79.1 cm³/mol. The molecule has 19 heavy (non-hydrogen) atoms. The van der Waals surface area contributed by atoms with Gasteiger partial charge in [0.15, 0.2) is 0 Å². The first-order valence-corrected chi connectivity index (χ1v) is 6.62. The van der Waals surface area contributed by atoms with Gasteiger partial charge in [-0.05, 0) is 24.5 Å². The lowest BCUT2D eigenvalue weighted by Gasteiger charge is -2.31.